The lowest BCUT2D eigenvalue weighted by atomic mass is 9.90. The maximum Gasteiger partial charge on any atom is 0.175 e. The minimum absolute atomic E-state index is 0.252. The molecule has 20 heavy (non-hydrogen) atoms. The first-order chi connectivity index (χ1) is 9.45. The van der Waals surface area contributed by atoms with Crippen molar-refractivity contribution in [1.82, 2.24) is 5.16 Å². The SMILES string of the molecule is COc1cc(-c2c(N)noc2C(C)C(C)C)ccc1C. The molecule has 1 aromatic heterocycles. The molecule has 0 spiro atoms. The Balaban J connectivity index is 2.55. The highest BCUT2D eigenvalue weighted by atomic mass is 16.5. The van der Waals surface area contributed by atoms with Gasteiger partial charge in [-0.25, -0.2) is 0 Å². The van der Waals surface area contributed by atoms with E-state index in [4.69, 9.17) is 15.0 Å². The summed E-state index contributed by atoms with van der Waals surface area (Å²) in [5.74, 6) is 2.81. The molecule has 2 aromatic rings. The zero-order valence-corrected chi connectivity index (χ0v) is 12.7. The average molecular weight is 274 g/mol. The second-order valence-corrected chi connectivity index (χ2v) is 5.52. The summed E-state index contributed by atoms with van der Waals surface area (Å²) >= 11 is 0. The van der Waals surface area contributed by atoms with Crippen LogP contribution in [-0.2, 0) is 0 Å². The number of methoxy groups -OCH3 is 1. The van der Waals surface area contributed by atoms with Gasteiger partial charge in [-0.15, -0.1) is 0 Å². The van der Waals surface area contributed by atoms with Crippen LogP contribution in [0.25, 0.3) is 11.1 Å². The lowest BCUT2D eigenvalue weighted by molar-refractivity contribution is 0.341. The Morgan fingerprint density at radius 3 is 2.55 bits per heavy atom. The maximum atomic E-state index is 6.00. The molecule has 0 saturated heterocycles. The molecule has 0 bridgehead atoms. The standard InChI is InChI=1S/C16H22N2O2/c1-9(2)11(4)15-14(16(17)18-20-15)12-7-6-10(3)13(8-12)19-5/h6-9,11H,1-5H3,(H2,17,18). The van der Waals surface area contributed by atoms with Gasteiger partial charge in [0, 0.05) is 5.92 Å². The van der Waals surface area contributed by atoms with Gasteiger partial charge in [0.05, 0.1) is 12.7 Å². The van der Waals surface area contributed by atoms with Crippen LogP contribution in [0.5, 0.6) is 5.75 Å². The van der Waals surface area contributed by atoms with Crippen LogP contribution in [0.15, 0.2) is 22.7 Å². The predicted octanol–water partition coefficient (Wildman–Crippen LogP) is 4.00. The highest BCUT2D eigenvalue weighted by molar-refractivity contribution is 5.77. The van der Waals surface area contributed by atoms with Crippen LogP contribution >= 0.6 is 0 Å². The third-order valence-corrected chi connectivity index (χ3v) is 3.86. The average Bonchev–Trinajstić information content (AvgIpc) is 2.80. The lowest BCUT2D eigenvalue weighted by Gasteiger charge is -2.14. The van der Waals surface area contributed by atoms with E-state index in [2.05, 4.69) is 25.9 Å². The van der Waals surface area contributed by atoms with Crippen LogP contribution in [0.3, 0.4) is 0 Å². The molecule has 0 aliphatic carbocycles. The molecule has 0 aliphatic rings. The van der Waals surface area contributed by atoms with Gasteiger partial charge < -0.3 is 15.0 Å². The van der Waals surface area contributed by atoms with Crippen LogP contribution in [0.2, 0.25) is 0 Å². The first kappa shape index (κ1) is 14.4. The van der Waals surface area contributed by atoms with E-state index in [1.165, 1.54) is 0 Å². The van der Waals surface area contributed by atoms with Crippen LogP contribution in [-0.4, -0.2) is 12.3 Å². The first-order valence-electron chi connectivity index (χ1n) is 6.85. The van der Waals surface area contributed by atoms with Gasteiger partial charge in [-0.2, -0.15) is 0 Å². The topological polar surface area (TPSA) is 61.3 Å². The quantitative estimate of drug-likeness (QED) is 0.915. The highest BCUT2D eigenvalue weighted by Crippen LogP contribution is 2.38. The van der Waals surface area contributed by atoms with Crippen molar-refractivity contribution in [2.24, 2.45) is 5.92 Å². The zero-order valence-electron chi connectivity index (χ0n) is 12.7. The Morgan fingerprint density at radius 2 is 1.95 bits per heavy atom. The number of nitrogens with two attached hydrogens (primary N) is 1. The summed E-state index contributed by atoms with van der Waals surface area (Å²) in [6.45, 7) is 8.45. The fourth-order valence-electron chi connectivity index (χ4n) is 2.20. The molecule has 4 heteroatoms. The summed E-state index contributed by atoms with van der Waals surface area (Å²) in [6.07, 6.45) is 0. The summed E-state index contributed by atoms with van der Waals surface area (Å²) in [4.78, 5) is 0. The van der Waals surface area contributed by atoms with E-state index in [-0.39, 0.29) is 5.92 Å². The number of nitrogens with zero attached hydrogens (tertiary/aromatic N) is 1. The van der Waals surface area contributed by atoms with Gasteiger partial charge in [-0.1, -0.05) is 38.1 Å². The van der Waals surface area contributed by atoms with Gasteiger partial charge in [0.25, 0.3) is 0 Å². The summed E-state index contributed by atoms with van der Waals surface area (Å²) < 4.78 is 10.8. The fourth-order valence-corrected chi connectivity index (χ4v) is 2.20. The highest BCUT2D eigenvalue weighted by Gasteiger charge is 2.23. The number of benzene rings is 1. The fraction of sp³-hybridized carbons (Fsp3) is 0.438. The van der Waals surface area contributed by atoms with E-state index >= 15 is 0 Å². The molecule has 1 aromatic carbocycles. The third kappa shape index (κ3) is 2.50. The summed E-state index contributed by atoms with van der Waals surface area (Å²) in [6, 6.07) is 6.02. The van der Waals surface area contributed by atoms with Gasteiger partial charge >= 0.3 is 0 Å². The van der Waals surface area contributed by atoms with Crippen LogP contribution in [0.1, 0.15) is 38.0 Å². The van der Waals surface area contributed by atoms with Gasteiger partial charge in [0.15, 0.2) is 5.82 Å². The van der Waals surface area contributed by atoms with Crippen molar-refractivity contribution in [3.05, 3.63) is 29.5 Å². The van der Waals surface area contributed by atoms with Gasteiger partial charge in [0.2, 0.25) is 0 Å². The molecular formula is C16H22N2O2. The number of hydrogen-bond acceptors (Lipinski definition) is 4. The van der Waals surface area contributed by atoms with Crippen molar-refractivity contribution in [2.45, 2.75) is 33.6 Å². The van der Waals surface area contributed by atoms with Crippen molar-refractivity contribution < 1.29 is 9.26 Å². The Morgan fingerprint density at radius 1 is 1.25 bits per heavy atom. The third-order valence-electron chi connectivity index (χ3n) is 3.86. The molecule has 0 aliphatic heterocycles. The lowest BCUT2D eigenvalue weighted by Crippen LogP contribution is -2.03. The number of aromatic nitrogens is 1. The van der Waals surface area contributed by atoms with Gasteiger partial charge in [-0.3, -0.25) is 0 Å². The molecule has 2 N–H and O–H groups in total. The molecule has 1 atom stereocenters. The number of anilines is 1. The molecule has 2 rings (SSSR count). The molecule has 1 unspecified atom stereocenters. The zero-order chi connectivity index (χ0) is 14.9. The van der Waals surface area contributed by atoms with Crippen molar-refractivity contribution >= 4 is 5.82 Å². The molecule has 0 fully saturated rings. The second kappa shape index (κ2) is 5.57. The maximum absolute atomic E-state index is 6.00. The van der Waals surface area contributed by atoms with Crippen LogP contribution in [0, 0.1) is 12.8 Å². The van der Waals surface area contributed by atoms with E-state index in [1.807, 2.05) is 25.1 Å². The van der Waals surface area contributed by atoms with E-state index in [9.17, 15) is 0 Å². The number of nitrogen functional groups attached to an aromatic ring is 1. The second-order valence-electron chi connectivity index (χ2n) is 5.52. The van der Waals surface area contributed by atoms with E-state index in [0.29, 0.717) is 11.7 Å². The number of aryl methyl sites for hydroxylation is 1. The van der Waals surface area contributed by atoms with Gasteiger partial charge in [0.1, 0.15) is 11.5 Å². The van der Waals surface area contributed by atoms with Crippen molar-refractivity contribution in [2.75, 3.05) is 12.8 Å². The molecule has 4 nitrogen and oxygen atoms in total. The van der Waals surface area contributed by atoms with Gasteiger partial charge in [-0.05, 0) is 30.0 Å². The number of hydrogen-bond donors (Lipinski definition) is 1. The van der Waals surface area contributed by atoms with E-state index < -0.39 is 0 Å². The Hall–Kier alpha value is -1.97. The largest absolute Gasteiger partial charge is 0.496 e. The van der Waals surface area contributed by atoms with Crippen LogP contribution in [0.4, 0.5) is 5.82 Å². The summed E-state index contributed by atoms with van der Waals surface area (Å²) in [7, 11) is 1.67. The molecule has 0 saturated carbocycles. The number of ether oxygens (including phenoxy) is 1. The summed E-state index contributed by atoms with van der Waals surface area (Å²) in [5.41, 5.74) is 8.94. The summed E-state index contributed by atoms with van der Waals surface area (Å²) in [5, 5.41) is 3.94. The minimum Gasteiger partial charge on any atom is -0.496 e. The Labute approximate surface area is 119 Å². The number of rotatable bonds is 4. The van der Waals surface area contributed by atoms with E-state index in [1.54, 1.807) is 7.11 Å². The van der Waals surface area contributed by atoms with E-state index in [0.717, 1.165) is 28.2 Å². The molecular weight excluding hydrogens is 252 g/mol. The minimum atomic E-state index is 0.252. The van der Waals surface area contributed by atoms with Crippen LogP contribution < -0.4 is 10.5 Å². The molecule has 0 amide bonds. The molecule has 108 valence electrons. The Kier molecular flexibility index (Phi) is 4.02. The van der Waals surface area contributed by atoms with Crippen molar-refractivity contribution in [3.8, 4) is 16.9 Å². The molecule has 0 radical (unpaired) electrons. The predicted molar refractivity (Wildman–Crippen MR) is 80.9 cm³/mol. The smallest absolute Gasteiger partial charge is 0.175 e. The first-order valence-corrected chi connectivity index (χ1v) is 6.85. The normalized spacial score (nSPS) is 12.7. The van der Waals surface area contributed by atoms with Crippen molar-refractivity contribution in [1.29, 1.82) is 0 Å². The Bertz CT molecular complexity index is 603. The monoisotopic (exact) mass is 274 g/mol. The molecule has 1 heterocycles. The van der Waals surface area contributed by atoms with Crippen molar-refractivity contribution in [3.63, 3.8) is 0 Å².